The summed E-state index contributed by atoms with van der Waals surface area (Å²) in [4.78, 5) is 8.67. The van der Waals surface area contributed by atoms with Gasteiger partial charge in [-0.05, 0) is 19.2 Å². The van der Waals surface area contributed by atoms with E-state index in [9.17, 15) is 0 Å². The third-order valence-corrected chi connectivity index (χ3v) is 2.41. The van der Waals surface area contributed by atoms with Crippen LogP contribution in [-0.2, 0) is 6.54 Å². The van der Waals surface area contributed by atoms with Crippen LogP contribution in [0.3, 0.4) is 0 Å². The van der Waals surface area contributed by atoms with Crippen molar-refractivity contribution in [3.63, 3.8) is 0 Å². The molecule has 1 N–H and O–H groups in total. The Kier molecular flexibility index (Phi) is 3.67. The van der Waals surface area contributed by atoms with Gasteiger partial charge in [0.2, 0.25) is 0 Å². The van der Waals surface area contributed by atoms with Crippen molar-refractivity contribution >= 4 is 0 Å². The highest BCUT2D eigenvalue weighted by Gasteiger charge is 2.02. The van der Waals surface area contributed by atoms with Gasteiger partial charge in [0.25, 0.3) is 0 Å². The first-order chi connectivity index (χ1) is 8.33. The van der Waals surface area contributed by atoms with Crippen LogP contribution in [0.25, 0.3) is 11.4 Å². The van der Waals surface area contributed by atoms with Gasteiger partial charge in [-0.3, -0.25) is 0 Å². The molecular weight excluding hydrogens is 214 g/mol. The Morgan fingerprint density at radius 2 is 2.00 bits per heavy atom. The fourth-order valence-corrected chi connectivity index (χ4v) is 1.56. The number of benzene rings is 1. The number of aromatic nitrogens is 2. The quantitative estimate of drug-likeness (QED) is 0.869. The van der Waals surface area contributed by atoms with E-state index in [4.69, 9.17) is 4.74 Å². The first-order valence-electron chi connectivity index (χ1n) is 5.43. The van der Waals surface area contributed by atoms with E-state index in [0.717, 1.165) is 23.4 Å². The Hall–Kier alpha value is -1.94. The fraction of sp³-hybridized carbons (Fsp3) is 0.231. The zero-order chi connectivity index (χ0) is 12.1. The average molecular weight is 229 g/mol. The van der Waals surface area contributed by atoms with Crippen molar-refractivity contribution in [2.45, 2.75) is 6.54 Å². The lowest BCUT2D eigenvalue weighted by molar-refractivity contribution is 0.415. The van der Waals surface area contributed by atoms with Crippen molar-refractivity contribution in [2.24, 2.45) is 0 Å². The van der Waals surface area contributed by atoms with E-state index < -0.39 is 0 Å². The van der Waals surface area contributed by atoms with Gasteiger partial charge in [-0.1, -0.05) is 12.1 Å². The van der Waals surface area contributed by atoms with E-state index in [1.165, 1.54) is 0 Å². The summed E-state index contributed by atoms with van der Waals surface area (Å²) in [6.45, 7) is 0.776. The predicted molar refractivity (Wildman–Crippen MR) is 66.8 cm³/mol. The third kappa shape index (κ3) is 2.79. The van der Waals surface area contributed by atoms with Gasteiger partial charge in [0.15, 0.2) is 5.82 Å². The summed E-state index contributed by atoms with van der Waals surface area (Å²) in [6.07, 6.45) is 3.66. The largest absolute Gasteiger partial charge is 0.497 e. The number of methoxy groups -OCH3 is 1. The lowest BCUT2D eigenvalue weighted by Crippen LogP contribution is -2.06. The Morgan fingerprint density at radius 1 is 1.24 bits per heavy atom. The number of rotatable bonds is 4. The molecule has 0 radical (unpaired) electrons. The molecule has 88 valence electrons. The molecule has 0 aliphatic carbocycles. The minimum atomic E-state index is 0.712. The molecule has 0 spiro atoms. The van der Waals surface area contributed by atoms with Crippen molar-refractivity contribution in [1.29, 1.82) is 0 Å². The van der Waals surface area contributed by atoms with Gasteiger partial charge < -0.3 is 10.1 Å². The topological polar surface area (TPSA) is 47.0 Å². The van der Waals surface area contributed by atoms with Gasteiger partial charge in [-0.25, -0.2) is 9.97 Å². The van der Waals surface area contributed by atoms with E-state index in [1.54, 1.807) is 7.11 Å². The van der Waals surface area contributed by atoms with Crippen molar-refractivity contribution in [2.75, 3.05) is 14.2 Å². The molecule has 0 bridgehead atoms. The number of hydrogen-bond acceptors (Lipinski definition) is 4. The molecule has 0 aliphatic heterocycles. The minimum Gasteiger partial charge on any atom is -0.497 e. The molecule has 0 saturated heterocycles. The highest BCUT2D eigenvalue weighted by molar-refractivity contribution is 5.57. The van der Waals surface area contributed by atoms with E-state index in [-0.39, 0.29) is 0 Å². The third-order valence-electron chi connectivity index (χ3n) is 2.41. The second kappa shape index (κ2) is 5.41. The van der Waals surface area contributed by atoms with Gasteiger partial charge in [0.1, 0.15) is 5.75 Å². The molecule has 0 atom stereocenters. The monoisotopic (exact) mass is 229 g/mol. The van der Waals surface area contributed by atoms with Gasteiger partial charge in [-0.2, -0.15) is 0 Å². The molecule has 17 heavy (non-hydrogen) atoms. The first kappa shape index (κ1) is 11.5. The molecule has 2 rings (SSSR count). The highest BCUT2D eigenvalue weighted by atomic mass is 16.5. The maximum atomic E-state index is 5.17. The Morgan fingerprint density at radius 3 is 2.65 bits per heavy atom. The molecule has 1 aromatic heterocycles. The van der Waals surface area contributed by atoms with Crippen LogP contribution in [-0.4, -0.2) is 24.1 Å². The highest BCUT2D eigenvalue weighted by Crippen LogP contribution is 2.20. The van der Waals surface area contributed by atoms with E-state index in [0.29, 0.717) is 5.82 Å². The zero-order valence-corrected chi connectivity index (χ0v) is 9.97. The van der Waals surface area contributed by atoms with E-state index in [1.807, 2.05) is 43.7 Å². The van der Waals surface area contributed by atoms with Gasteiger partial charge in [0.05, 0.1) is 7.11 Å². The smallest absolute Gasteiger partial charge is 0.159 e. The van der Waals surface area contributed by atoms with Crippen LogP contribution >= 0.6 is 0 Å². The zero-order valence-electron chi connectivity index (χ0n) is 9.97. The summed E-state index contributed by atoms with van der Waals surface area (Å²) < 4.78 is 5.17. The second-order valence-corrected chi connectivity index (χ2v) is 3.68. The summed E-state index contributed by atoms with van der Waals surface area (Å²) >= 11 is 0. The van der Waals surface area contributed by atoms with Crippen LogP contribution in [0, 0.1) is 0 Å². The number of hydrogen-bond donors (Lipinski definition) is 1. The molecule has 4 nitrogen and oxygen atoms in total. The Balaban J connectivity index is 2.26. The maximum Gasteiger partial charge on any atom is 0.159 e. The van der Waals surface area contributed by atoms with Crippen molar-refractivity contribution in [3.8, 4) is 17.1 Å². The van der Waals surface area contributed by atoms with E-state index >= 15 is 0 Å². The van der Waals surface area contributed by atoms with Crippen LogP contribution < -0.4 is 10.1 Å². The minimum absolute atomic E-state index is 0.712. The van der Waals surface area contributed by atoms with Crippen molar-refractivity contribution < 1.29 is 4.74 Å². The predicted octanol–water partition coefficient (Wildman–Crippen LogP) is 1.87. The lowest BCUT2D eigenvalue weighted by Gasteiger charge is -2.04. The number of nitrogens with zero attached hydrogens (tertiary/aromatic N) is 2. The van der Waals surface area contributed by atoms with E-state index in [2.05, 4.69) is 15.3 Å². The summed E-state index contributed by atoms with van der Waals surface area (Å²) in [5, 5.41) is 3.06. The molecule has 1 aromatic carbocycles. The summed E-state index contributed by atoms with van der Waals surface area (Å²) in [7, 11) is 3.55. The number of ether oxygens (including phenoxy) is 1. The first-order valence-corrected chi connectivity index (χ1v) is 5.43. The molecule has 0 unspecified atom stereocenters. The maximum absolute atomic E-state index is 5.17. The van der Waals surface area contributed by atoms with Crippen LogP contribution in [0.15, 0.2) is 36.7 Å². The second-order valence-electron chi connectivity index (χ2n) is 3.68. The summed E-state index contributed by atoms with van der Waals surface area (Å²) in [5.41, 5.74) is 2.03. The van der Waals surface area contributed by atoms with Crippen molar-refractivity contribution in [1.82, 2.24) is 15.3 Å². The van der Waals surface area contributed by atoms with Crippen LogP contribution in [0.4, 0.5) is 0 Å². The number of nitrogens with one attached hydrogen (secondary N) is 1. The molecule has 4 heteroatoms. The molecule has 1 heterocycles. The molecule has 2 aromatic rings. The SMILES string of the molecule is CNCc1cnc(-c2cccc(OC)c2)nc1. The molecule has 0 amide bonds. The molecule has 0 fully saturated rings. The van der Waals surface area contributed by atoms with Gasteiger partial charge >= 0.3 is 0 Å². The van der Waals surface area contributed by atoms with Crippen LogP contribution in [0.1, 0.15) is 5.56 Å². The van der Waals surface area contributed by atoms with Crippen LogP contribution in [0.2, 0.25) is 0 Å². The average Bonchev–Trinajstić information content (AvgIpc) is 2.40. The van der Waals surface area contributed by atoms with Gasteiger partial charge in [-0.15, -0.1) is 0 Å². The normalized spacial score (nSPS) is 10.2. The summed E-state index contributed by atoms with van der Waals surface area (Å²) in [5.74, 6) is 1.52. The summed E-state index contributed by atoms with van der Waals surface area (Å²) in [6, 6.07) is 7.72. The fourth-order valence-electron chi connectivity index (χ4n) is 1.56. The van der Waals surface area contributed by atoms with Crippen LogP contribution in [0.5, 0.6) is 5.75 Å². The van der Waals surface area contributed by atoms with Gasteiger partial charge in [0, 0.05) is 30.1 Å². The lowest BCUT2D eigenvalue weighted by atomic mass is 10.2. The van der Waals surface area contributed by atoms with Crippen molar-refractivity contribution in [3.05, 3.63) is 42.2 Å². The molecular formula is C13H15N3O. The molecule has 0 aliphatic rings. The standard InChI is InChI=1S/C13H15N3O/c1-14-7-10-8-15-13(16-9-10)11-4-3-5-12(6-11)17-2/h3-6,8-9,14H,7H2,1-2H3. The Labute approximate surface area is 101 Å². The molecule has 0 saturated carbocycles. The Bertz CT molecular complexity index is 482.